The van der Waals surface area contributed by atoms with E-state index in [-0.39, 0.29) is 17.6 Å². The van der Waals surface area contributed by atoms with Crippen molar-refractivity contribution in [2.75, 3.05) is 37.9 Å². The standard InChI is InChI=1S/C14H23NO3S/c16-13(7-12-9-17-5-3-15-12)11-1-4-18-14(8-11)2-6-19-10-14/h11-12,15H,1-10H2. The van der Waals surface area contributed by atoms with Gasteiger partial charge in [0.15, 0.2) is 0 Å². The summed E-state index contributed by atoms with van der Waals surface area (Å²) in [6, 6.07) is 0.220. The average molecular weight is 285 g/mol. The van der Waals surface area contributed by atoms with Crippen LogP contribution in [0.3, 0.4) is 0 Å². The molecule has 3 fully saturated rings. The SMILES string of the molecule is O=C(CC1COCCN1)C1CCOC2(CCSC2)C1. The average Bonchev–Trinajstić information content (AvgIpc) is 2.88. The van der Waals surface area contributed by atoms with Crippen molar-refractivity contribution in [3.8, 4) is 0 Å². The van der Waals surface area contributed by atoms with E-state index in [9.17, 15) is 4.79 Å². The molecule has 0 amide bonds. The van der Waals surface area contributed by atoms with Gasteiger partial charge in [-0.15, -0.1) is 0 Å². The van der Waals surface area contributed by atoms with E-state index in [1.54, 1.807) is 0 Å². The fourth-order valence-corrected chi connectivity index (χ4v) is 4.70. The van der Waals surface area contributed by atoms with Crippen LogP contribution in [-0.2, 0) is 14.3 Å². The summed E-state index contributed by atoms with van der Waals surface area (Å²) in [5.41, 5.74) is 0.0136. The zero-order valence-corrected chi connectivity index (χ0v) is 12.2. The smallest absolute Gasteiger partial charge is 0.137 e. The number of hydrogen-bond acceptors (Lipinski definition) is 5. The van der Waals surface area contributed by atoms with Crippen LogP contribution in [0.5, 0.6) is 0 Å². The minimum atomic E-state index is 0.0136. The Labute approximate surface area is 119 Å². The monoisotopic (exact) mass is 285 g/mol. The first-order chi connectivity index (χ1) is 9.27. The Bertz CT molecular complexity index is 325. The summed E-state index contributed by atoms with van der Waals surface area (Å²) in [6.45, 7) is 3.07. The summed E-state index contributed by atoms with van der Waals surface area (Å²) in [5.74, 6) is 2.86. The molecule has 0 aromatic carbocycles. The second-order valence-electron chi connectivity index (χ2n) is 5.92. The van der Waals surface area contributed by atoms with Crippen LogP contribution in [0.25, 0.3) is 0 Å². The molecule has 3 atom stereocenters. The Hall–Kier alpha value is -0.100. The molecule has 0 aromatic heterocycles. The van der Waals surface area contributed by atoms with Gasteiger partial charge in [-0.1, -0.05) is 0 Å². The molecular formula is C14H23NO3S. The Balaban J connectivity index is 1.54. The van der Waals surface area contributed by atoms with Gasteiger partial charge in [-0.2, -0.15) is 11.8 Å². The molecule has 108 valence electrons. The molecule has 19 heavy (non-hydrogen) atoms. The Morgan fingerprint density at radius 1 is 1.42 bits per heavy atom. The van der Waals surface area contributed by atoms with Crippen LogP contribution < -0.4 is 5.32 Å². The molecule has 3 aliphatic rings. The molecule has 0 aromatic rings. The number of ketones is 1. The lowest BCUT2D eigenvalue weighted by Gasteiger charge is -2.37. The maximum Gasteiger partial charge on any atom is 0.137 e. The molecule has 0 bridgehead atoms. The maximum absolute atomic E-state index is 12.4. The molecule has 3 aliphatic heterocycles. The molecule has 0 saturated carbocycles. The number of morpholine rings is 1. The highest BCUT2D eigenvalue weighted by Crippen LogP contribution is 2.40. The van der Waals surface area contributed by atoms with Gasteiger partial charge >= 0.3 is 0 Å². The normalized spacial score (nSPS) is 39.6. The van der Waals surface area contributed by atoms with Gasteiger partial charge in [0.2, 0.25) is 0 Å². The molecule has 3 heterocycles. The number of ether oxygens (including phenoxy) is 2. The fourth-order valence-electron chi connectivity index (χ4n) is 3.33. The van der Waals surface area contributed by atoms with Gasteiger partial charge in [-0.3, -0.25) is 4.79 Å². The van der Waals surface area contributed by atoms with Crippen LogP contribution in [-0.4, -0.2) is 55.3 Å². The second-order valence-corrected chi connectivity index (χ2v) is 7.03. The number of thioether (sulfide) groups is 1. The predicted molar refractivity (Wildman–Crippen MR) is 75.6 cm³/mol. The minimum absolute atomic E-state index is 0.0136. The van der Waals surface area contributed by atoms with Crippen molar-refractivity contribution in [1.29, 1.82) is 0 Å². The number of nitrogens with one attached hydrogen (secondary N) is 1. The number of hydrogen-bond donors (Lipinski definition) is 1. The zero-order valence-electron chi connectivity index (χ0n) is 11.4. The van der Waals surface area contributed by atoms with Crippen LogP contribution in [0, 0.1) is 5.92 Å². The van der Waals surface area contributed by atoms with Gasteiger partial charge in [-0.25, -0.2) is 0 Å². The van der Waals surface area contributed by atoms with Crippen LogP contribution in [0.15, 0.2) is 0 Å². The summed E-state index contributed by atoms with van der Waals surface area (Å²) in [7, 11) is 0. The Kier molecular flexibility index (Phi) is 4.47. The first-order valence-corrected chi connectivity index (χ1v) is 8.48. The number of rotatable bonds is 3. The molecule has 0 aliphatic carbocycles. The second kappa shape index (κ2) is 6.12. The van der Waals surface area contributed by atoms with E-state index in [1.165, 1.54) is 5.75 Å². The molecule has 3 saturated heterocycles. The first kappa shape index (κ1) is 13.9. The number of Topliss-reactive ketones (excluding diaryl/α,β-unsaturated/α-hetero) is 1. The third-order valence-corrected chi connectivity index (χ3v) is 5.68. The molecule has 0 radical (unpaired) electrons. The van der Waals surface area contributed by atoms with E-state index >= 15 is 0 Å². The highest BCUT2D eigenvalue weighted by molar-refractivity contribution is 7.99. The van der Waals surface area contributed by atoms with Crippen LogP contribution >= 0.6 is 11.8 Å². The van der Waals surface area contributed by atoms with Crippen molar-refractivity contribution in [3.63, 3.8) is 0 Å². The lowest BCUT2D eigenvalue weighted by Crippen LogP contribution is -2.46. The van der Waals surface area contributed by atoms with Gasteiger partial charge in [0.05, 0.1) is 18.8 Å². The van der Waals surface area contributed by atoms with E-state index in [1.807, 2.05) is 11.8 Å². The maximum atomic E-state index is 12.4. The predicted octanol–water partition coefficient (Wildman–Crippen LogP) is 1.24. The summed E-state index contributed by atoms with van der Waals surface area (Å²) >= 11 is 1.96. The molecule has 5 heteroatoms. The van der Waals surface area contributed by atoms with Crippen LogP contribution in [0.4, 0.5) is 0 Å². The van der Waals surface area contributed by atoms with Crippen molar-refractivity contribution >= 4 is 17.5 Å². The molecule has 1 spiro atoms. The van der Waals surface area contributed by atoms with Crippen molar-refractivity contribution in [2.45, 2.75) is 37.3 Å². The van der Waals surface area contributed by atoms with Crippen molar-refractivity contribution in [1.82, 2.24) is 5.32 Å². The lowest BCUT2D eigenvalue weighted by atomic mass is 9.81. The number of carbonyl (C=O) groups is 1. The molecule has 3 unspecified atom stereocenters. The zero-order chi connectivity index (χ0) is 13.1. The van der Waals surface area contributed by atoms with E-state index in [0.29, 0.717) is 18.8 Å². The summed E-state index contributed by atoms with van der Waals surface area (Å²) in [4.78, 5) is 12.4. The third-order valence-electron chi connectivity index (χ3n) is 4.46. The van der Waals surface area contributed by atoms with Crippen molar-refractivity contribution in [2.24, 2.45) is 5.92 Å². The first-order valence-electron chi connectivity index (χ1n) is 7.33. The van der Waals surface area contributed by atoms with E-state index in [0.717, 1.165) is 44.8 Å². The van der Waals surface area contributed by atoms with E-state index < -0.39 is 0 Å². The summed E-state index contributed by atoms with van der Waals surface area (Å²) in [5, 5.41) is 3.37. The van der Waals surface area contributed by atoms with E-state index in [4.69, 9.17) is 9.47 Å². The Morgan fingerprint density at radius 3 is 3.11 bits per heavy atom. The molecule has 1 N–H and O–H groups in total. The molecule has 3 rings (SSSR count). The largest absolute Gasteiger partial charge is 0.379 e. The minimum Gasteiger partial charge on any atom is -0.379 e. The van der Waals surface area contributed by atoms with Crippen LogP contribution in [0.1, 0.15) is 25.7 Å². The van der Waals surface area contributed by atoms with Crippen LogP contribution in [0.2, 0.25) is 0 Å². The Morgan fingerprint density at radius 2 is 2.37 bits per heavy atom. The topological polar surface area (TPSA) is 47.6 Å². The highest BCUT2D eigenvalue weighted by atomic mass is 32.2. The lowest BCUT2D eigenvalue weighted by molar-refractivity contribution is -0.135. The van der Waals surface area contributed by atoms with Crippen molar-refractivity contribution < 1.29 is 14.3 Å². The highest BCUT2D eigenvalue weighted by Gasteiger charge is 2.42. The van der Waals surface area contributed by atoms with Gasteiger partial charge in [0.25, 0.3) is 0 Å². The molecule has 4 nitrogen and oxygen atoms in total. The van der Waals surface area contributed by atoms with Gasteiger partial charge in [0.1, 0.15) is 5.78 Å². The fraction of sp³-hybridized carbons (Fsp3) is 0.929. The molecular weight excluding hydrogens is 262 g/mol. The quantitative estimate of drug-likeness (QED) is 0.845. The van der Waals surface area contributed by atoms with E-state index in [2.05, 4.69) is 5.32 Å². The van der Waals surface area contributed by atoms with Gasteiger partial charge in [0, 0.05) is 37.3 Å². The van der Waals surface area contributed by atoms with Gasteiger partial charge < -0.3 is 14.8 Å². The number of carbonyl (C=O) groups excluding carboxylic acids is 1. The van der Waals surface area contributed by atoms with Crippen molar-refractivity contribution in [3.05, 3.63) is 0 Å². The summed E-state index contributed by atoms with van der Waals surface area (Å²) < 4.78 is 11.4. The van der Waals surface area contributed by atoms with Gasteiger partial charge in [-0.05, 0) is 25.0 Å². The summed E-state index contributed by atoms with van der Waals surface area (Å²) in [6.07, 6.45) is 3.57. The third kappa shape index (κ3) is 3.32.